The third-order valence-electron chi connectivity index (χ3n) is 3.02. The van der Waals surface area contributed by atoms with Crippen LogP contribution in [0.25, 0.3) is 0 Å². The molecule has 1 aromatic carbocycles. The topological polar surface area (TPSA) is 38.3 Å². The number of carbonyl (C=O) groups excluding carboxylic acids is 1. The molecule has 0 saturated heterocycles. The van der Waals surface area contributed by atoms with Crippen molar-refractivity contribution in [3.63, 3.8) is 0 Å². The van der Waals surface area contributed by atoms with Crippen LogP contribution >= 0.6 is 0 Å². The molecule has 3 nitrogen and oxygen atoms in total. The van der Waals surface area contributed by atoms with Gasteiger partial charge >= 0.3 is 5.97 Å². The van der Waals surface area contributed by atoms with E-state index in [1.165, 1.54) is 12.7 Å². The largest absolute Gasteiger partial charge is 0.469 e. The molecule has 0 aliphatic rings. The van der Waals surface area contributed by atoms with E-state index in [9.17, 15) is 4.79 Å². The molecular formula is C13H19NO2. The summed E-state index contributed by atoms with van der Waals surface area (Å²) < 4.78 is 4.73. The molecule has 0 spiro atoms. The second kappa shape index (κ2) is 5.12. The summed E-state index contributed by atoms with van der Waals surface area (Å²) >= 11 is 0. The monoisotopic (exact) mass is 221 g/mol. The molecule has 1 N–H and O–H groups in total. The van der Waals surface area contributed by atoms with Gasteiger partial charge in [-0.1, -0.05) is 24.3 Å². The van der Waals surface area contributed by atoms with Gasteiger partial charge in [0.1, 0.15) is 0 Å². The Balaban J connectivity index is 3.05. The molecule has 1 atom stereocenters. The van der Waals surface area contributed by atoms with E-state index in [1.54, 1.807) is 0 Å². The van der Waals surface area contributed by atoms with E-state index in [2.05, 4.69) is 5.32 Å². The smallest absolute Gasteiger partial charge is 0.307 e. The fourth-order valence-corrected chi connectivity index (χ4v) is 1.87. The third-order valence-corrected chi connectivity index (χ3v) is 3.02. The van der Waals surface area contributed by atoms with Crippen molar-refractivity contribution in [1.29, 1.82) is 0 Å². The van der Waals surface area contributed by atoms with Crippen molar-refractivity contribution in [2.75, 3.05) is 14.2 Å². The fourth-order valence-electron chi connectivity index (χ4n) is 1.87. The maximum Gasteiger partial charge on any atom is 0.307 e. The molecule has 0 aliphatic heterocycles. The average molecular weight is 221 g/mol. The van der Waals surface area contributed by atoms with E-state index in [0.717, 1.165) is 5.56 Å². The number of methoxy groups -OCH3 is 1. The van der Waals surface area contributed by atoms with Gasteiger partial charge in [0.2, 0.25) is 0 Å². The van der Waals surface area contributed by atoms with Crippen LogP contribution < -0.4 is 5.32 Å². The lowest BCUT2D eigenvalue weighted by Crippen LogP contribution is -2.39. The zero-order valence-electron chi connectivity index (χ0n) is 10.3. The van der Waals surface area contributed by atoms with Crippen molar-refractivity contribution in [3.8, 4) is 0 Å². The van der Waals surface area contributed by atoms with E-state index >= 15 is 0 Å². The van der Waals surface area contributed by atoms with E-state index in [4.69, 9.17) is 4.74 Å². The Morgan fingerprint density at radius 1 is 1.44 bits per heavy atom. The van der Waals surface area contributed by atoms with Crippen LogP contribution in [-0.2, 0) is 15.1 Å². The van der Waals surface area contributed by atoms with Crippen molar-refractivity contribution in [1.82, 2.24) is 5.32 Å². The van der Waals surface area contributed by atoms with Crippen molar-refractivity contribution in [2.45, 2.75) is 25.8 Å². The van der Waals surface area contributed by atoms with Gasteiger partial charge in [-0.05, 0) is 32.0 Å². The minimum atomic E-state index is -0.377. The third kappa shape index (κ3) is 2.61. The minimum absolute atomic E-state index is 0.208. The molecule has 0 saturated carbocycles. The summed E-state index contributed by atoms with van der Waals surface area (Å²) in [5, 5.41) is 3.20. The van der Waals surface area contributed by atoms with Crippen LogP contribution in [0.2, 0.25) is 0 Å². The molecule has 0 aliphatic carbocycles. The second-order valence-electron chi connectivity index (χ2n) is 4.15. The predicted octanol–water partition coefficient (Wildman–Crippen LogP) is 1.99. The van der Waals surface area contributed by atoms with Gasteiger partial charge in [-0.25, -0.2) is 0 Å². The van der Waals surface area contributed by atoms with E-state index in [1.807, 2.05) is 45.2 Å². The first-order valence-corrected chi connectivity index (χ1v) is 5.35. The van der Waals surface area contributed by atoms with Gasteiger partial charge in [0.05, 0.1) is 19.1 Å². The van der Waals surface area contributed by atoms with Gasteiger partial charge in [0.25, 0.3) is 0 Å². The Morgan fingerprint density at radius 3 is 2.56 bits per heavy atom. The van der Waals surface area contributed by atoms with E-state index in [-0.39, 0.29) is 11.5 Å². The van der Waals surface area contributed by atoms with Crippen LogP contribution in [-0.4, -0.2) is 20.1 Å². The SMILES string of the molecule is CNC(C)(CC(=O)OC)c1ccccc1C. The molecule has 3 heteroatoms. The highest BCUT2D eigenvalue weighted by Crippen LogP contribution is 2.27. The quantitative estimate of drug-likeness (QED) is 0.790. The summed E-state index contributed by atoms with van der Waals surface area (Å²) in [5.74, 6) is -0.208. The van der Waals surface area contributed by atoms with Gasteiger partial charge in [0, 0.05) is 0 Å². The maximum absolute atomic E-state index is 11.4. The normalized spacial score (nSPS) is 14.2. The number of carbonyl (C=O) groups is 1. The highest BCUT2D eigenvalue weighted by atomic mass is 16.5. The lowest BCUT2D eigenvalue weighted by Gasteiger charge is -2.30. The molecule has 0 heterocycles. The van der Waals surface area contributed by atoms with Crippen molar-refractivity contribution in [3.05, 3.63) is 35.4 Å². The summed E-state index contributed by atoms with van der Waals surface area (Å²) in [6.45, 7) is 4.05. The summed E-state index contributed by atoms with van der Waals surface area (Å²) in [6.07, 6.45) is 0.324. The molecule has 88 valence electrons. The Morgan fingerprint density at radius 2 is 2.06 bits per heavy atom. The van der Waals surface area contributed by atoms with Gasteiger partial charge in [0.15, 0.2) is 0 Å². The van der Waals surface area contributed by atoms with Crippen LogP contribution in [0.5, 0.6) is 0 Å². The number of ether oxygens (including phenoxy) is 1. The number of aryl methyl sites for hydroxylation is 1. The molecule has 1 unspecified atom stereocenters. The first kappa shape index (κ1) is 12.7. The molecular weight excluding hydrogens is 202 g/mol. The van der Waals surface area contributed by atoms with Gasteiger partial charge < -0.3 is 10.1 Å². The van der Waals surface area contributed by atoms with E-state index < -0.39 is 0 Å². The lowest BCUT2D eigenvalue weighted by atomic mass is 9.86. The summed E-state index contributed by atoms with van der Waals surface area (Å²) in [4.78, 5) is 11.4. The highest BCUT2D eigenvalue weighted by molar-refractivity contribution is 5.71. The van der Waals surface area contributed by atoms with Crippen molar-refractivity contribution in [2.24, 2.45) is 0 Å². The number of esters is 1. The zero-order valence-corrected chi connectivity index (χ0v) is 10.3. The Bertz CT molecular complexity index is 376. The molecule has 1 rings (SSSR count). The van der Waals surface area contributed by atoms with Gasteiger partial charge in [-0.3, -0.25) is 4.79 Å². The molecule has 0 amide bonds. The standard InChI is InChI=1S/C13H19NO2/c1-10-7-5-6-8-11(10)13(2,14-3)9-12(15)16-4/h5-8,14H,9H2,1-4H3. The first-order valence-electron chi connectivity index (χ1n) is 5.35. The van der Waals surface area contributed by atoms with Crippen LogP contribution in [0, 0.1) is 6.92 Å². The zero-order chi connectivity index (χ0) is 12.2. The average Bonchev–Trinajstić information content (AvgIpc) is 2.29. The number of nitrogens with one attached hydrogen (secondary N) is 1. The molecule has 16 heavy (non-hydrogen) atoms. The number of rotatable bonds is 4. The lowest BCUT2D eigenvalue weighted by molar-refractivity contribution is -0.142. The van der Waals surface area contributed by atoms with Crippen LogP contribution in [0.15, 0.2) is 24.3 Å². The van der Waals surface area contributed by atoms with Crippen molar-refractivity contribution >= 4 is 5.97 Å². The molecule has 0 aromatic heterocycles. The molecule has 0 fully saturated rings. The van der Waals surface area contributed by atoms with E-state index in [0.29, 0.717) is 6.42 Å². The van der Waals surface area contributed by atoms with Crippen LogP contribution in [0.3, 0.4) is 0 Å². The summed E-state index contributed by atoms with van der Waals surface area (Å²) in [7, 11) is 3.27. The number of hydrogen-bond donors (Lipinski definition) is 1. The molecule has 1 aromatic rings. The molecule has 0 bridgehead atoms. The molecule has 0 radical (unpaired) electrons. The van der Waals surface area contributed by atoms with Crippen LogP contribution in [0.4, 0.5) is 0 Å². The predicted molar refractivity (Wildman–Crippen MR) is 64.2 cm³/mol. The van der Waals surface area contributed by atoms with Crippen LogP contribution in [0.1, 0.15) is 24.5 Å². The Hall–Kier alpha value is -1.35. The summed E-state index contributed by atoms with van der Waals surface area (Å²) in [5.41, 5.74) is 1.92. The van der Waals surface area contributed by atoms with Crippen molar-refractivity contribution < 1.29 is 9.53 Å². The Labute approximate surface area is 96.8 Å². The fraction of sp³-hybridized carbons (Fsp3) is 0.462. The van der Waals surface area contributed by atoms with Gasteiger partial charge in [-0.15, -0.1) is 0 Å². The highest BCUT2D eigenvalue weighted by Gasteiger charge is 2.29. The first-order chi connectivity index (χ1) is 7.53. The Kier molecular flexibility index (Phi) is 4.07. The number of benzene rings is 1. The number of hydrogen-bond acceptors (Lipinski definition) is 3. The summed E-state index contributed by atoms with van der Waals surface area (Å²) in [6, 6.07) is 8.05. The maximum atomic E-state index is 11.4. The van der Waals surface area contributed by atoms with Gasteiger partial charge in [-0.2, -0.15) is 0 Å². The second-order valence-corrected chi connectivity index (χ2v) is 4.15. The minimum Gasteiger partial charge on any atom is -0.469 e.